The van der Waals surface area contributed by atoms with Crippen molar-refractivity contribution >= 4 is 69.2 Å². The normalized spacial score (nSPS) is 10.4. The molecule has 0 aliphatic rings. The van der Waals surface area contributed by atoms with Crippen LogP contribution in [-0.2, 0) is 0 Å². The average Bonchev–Trinajstić information content (AvgIpc) is 2.37. The van der Waals surface area contributed by atoms with Crippen LogP contribution in [0.25, 0.3) is 0 Å². The smallest absolute Gasteiger partial charge is 0.0747 e. The molecule has 6 N–H and O–H groups in total. The average molecular weight is 352 g/mol. The minimum absolute atomic E-state index is 0.384. The molecule has 0 saturated carbocycles. The van der Waals surface area contributed by atoms with Crippen LogP contribution in [0.2, 0.25) is 20.1 Å². The van der Waals surface area contributed by atoms with E-state index in [2.05, 4.69) is 10.9 Å². The lowest BCUT2D eigenvalue weighted by Crippen LogP contribution is -2.10. The van der Waals surface area contributed by atoms with E-state index in [1.54, 1.807) is 24.3 Å². The highest BCUT2D eigenvalue weighted by Gasteiger charge is 2.08. The number of hydrogen-bond acceptors (Lipinski definition) is 4. The van der Waals surface area contributed by atoms with Gasteiger partial charge in [0.05, 0.1) is 42.8 Å². The molecule has 2 aromatic carbocycles. The third-order valence-corrected chi connectivity index (χ3v) is 3.78. The Morgan fingerprint density at radius 1 is 0.600 bits per heavy atom. The second kappa shape index (κ2) is 6.06. The first-order valence-corrected chi connectivity index (χ1v) is 6.90. The lowest BCUT2D eigenvalue weighted by Gasteiger charge is -2.14. The number of nitrogens with one attached hydrogen (secondary N) is 2. The minimum Gasteiger partial charge on any atom is -0.397 e. The fourth-order valence-corrected chi connectivity index (χ4v) is 2.32. The molecule has 2 aromatic rings. The van der Waals surface area contributed by atoms with Crippen LogP contribution in [0.4, 0.5) is 22.7 Å². The van der Waals surface area contributed by atoms with Gasteiger partial charge in [-0.2, -0.15) is 0 Å². The summed E-state index contributed by atoms with van der Waals surface area (Å²) < 4.78 is 0. The summed E-state index contributed by atoms with van der Waals surface area (Å²) in [4.78, 5) is 0. The molecule has 0 atom stereocenters. The number of halogens is 4. The number of hydrazine groups is 1. The molecule has 0 aliphatic carbocycles. The standard InChI is InChI=1S/C12H10Cl4N4/c13-5-1-7(15)11(3-9(5)17)19-20-12-4-10(18)6(14)2-8(12)16/h1-4,19-20H,17-18H2. The summed E-state index contributed by atoms with van der Waals surface area (Å²) in [5, 5.41) is 1.59. The summed E-state index contributed by atoms with van der Waals surface area (Å²) in [5.74, 6) is 0. The van der Waals surface area contributed by atoms with Crippen molar-refractivity contribution in [3.05, 3.63) is 44.4 Å². The monoisotopic (exact) mass is 350 g/mol. The van der Waals surface area contributed by atoms with E-state index < -0.39 is 0 Å². The van der Waals surface area contributed by atoms with Gasteiger partial charge in [-0.15, -0.1) is 0 Å². The predicted octanol–water partition coefficient (Wildman–Crippen LogP) is 4.90. The molecule has 0 heterocycles. The summed E-state index contributed by atoms with van der Waals surface area (Å²) in [6, 6.07) is 6.29. The van der Waals surface area contributed by atoms with E-state index in [9.17, 15) is 0 Å². The van der Waals surface area contributed by atoms with Gasteiger partial charge in [-0.25, -0.2) is 0 Å². The summed E-state index contributed by atoms with van der Waals surface area (Å²) in [6.45, 7) is 0. The van der Waals surface area contributed by atoms with Gasteiger partial charge < -0.3 is 11.5 Å². The van der Waals surface area contributed by atoms with Crippen LogP contribution in [-0.4, -0.2) is 0 Å². The number of nitrogens with two attached hydrogens (primary N) is 2. The Kier molecular flexibility index (Phi) is 4.60. The van der Waals surface area contributed by atoms with Crippen molar-refractivity contribution in [1.82, 2.24) is 0 Å². The highest BCUT2D eigenvalue weighted by Crippen LogP contribution is 2.33. The molecule has 0 aromatic heterocycles. The van der Waals surface area contributed by atoms with Crippen LogP contribution < -0.4 is 22.3 Å². The van der Waals surface area contributed by atoms with Crippen LogP contribution in [0.1, 0.15) is 0 Å². The van der Waals surface area contributed by atoms with Crippen molar-refractivity contribution in [1.29, 1.82) is 0 Å². The molecule has 8 heteroatoms. The summed E-state index contributed by atoms with van der Waals surface area (Å²) in [6.07, 6.45) is 0. The van der Waals surface area contributed by atoms with E-state index in [4.69, 9.17) is 57.9 Å². The lowest BCUT2D eigenvalue weighted by molar-refractivity contribution is 1.41. The maximum atomic E-state index is 6.04. The molecule has 0 amide bonds. The SMILES string of the molecule is Nc1cc(NNc2cc(N)c(Cl)cc2Cl)c(Cl)cc1Cl. The van der Waals surface area contributed by atoms with E-state index >= 15 is 0 Å². The molecule has 0 radical (unpaired) electrons. The van der Waals surface area contributed by atoms with E-state index in [0.29, 0.717) is 42.8 Å². The second-order valence-electron chi connectivity index (χ2n) is 3.96. The quantitative estimate of drug-likeness (QED) is 0.468. The van der Waals surface area contributed by atoms with Gasteiger partial charge in [0.25, 0.3) is 0 Å². The maximum Gasteiger partial charge on any atom is 0.0747 e. The molecular formula is C12H10Cl4N4. The van der Waals surface area contributed by atoms with Crippen LogP contribution >= 0.6 is 46.4 Å². The maximum absolute atomic E-state index is 6.04. The molecule has 0 saturated heterocycles. The van der Waals surface area contributed by atoms with Gasteiger partial charge in [-0.3, -0.25) is 10.9 Å². The topological polar surface area (TPSA) is 76.1 Å². The van der Waals surface area contributed by atoms with Crippen molar-refractivity contribution in [2.24, 2.45) is 0 Å². The van der Waals surface area contributed by atoms with Gasteiger partial charge in [0.2, 0.25) is 0 Å². The second-order valence-corrected chi connectivity index (χ2v) is 5.59. The van der Waals surface area contributed by atoms with Crippen molar-refractivity contribution in [2.45, 2.75) is 0 Å². The Morgan fingerprint density at radius 2 is 0.950 bits per heavy atom. The zero-order chi connectivity index (χ0) is 14.9. The Hall–Kier alpha value is -1.20. The van der Waals surface area contributed by atoms with Gasteiger partial charge in [-0.05, 0) is 24.3 Å². The molecule has 0 spiro atoms. The summed E-state index contributed by atoms with van der Waals surface area (Å²) >= 11 is 23.8. The van der Waals surface area contributed by atoms with Crippen LogP contribution in [0.15, 0.2) is 24.3 Å². The molecular weight excluding hydrogens is 342 g/mol. The predicted molar refractivity (Wildman–Crippen MR) is 89.0 cm³/mol. The van der Waals surface area contributed by atoms with Crippen molar-refractivity contribution in [2.75, 3.05) is 22.3 Å². The third kappa shape index (κ3) is 3.27. The Labute approximate surface area is 135 Å². The van der Waals surface area contributed by atoms with E-state index in [-0.39, 0.29) is 0 Å². The molecule has 106 valence electrons. The molecule has 0 bridgehead atoms. The molecule has 0 aliphatic heterocycles. The van der Waals surface area contributed by atoms with Gasteiger partial charge in [-0.1, -0.05) is 46.4 Å². The van der Waals surface area contributed by atoms with E-state index in [1.807, 2.05) is 0 Å². The number of rotatable bonds is 3. The number of nitrogen functional groups attached to an aromatic ring is 2. The number of anilines is 4. The number of hydrogen-bond donors (Lipinski definition) is 4. The zero-order valence-electron chi connectivity index (χ0n) is 9.98. The van der Waals surface area contributed by atoms with Gasteiger partial charge in [0, 0.05) is 0 Å². The summed E-state index contributed by atoms with van der Waals surface area (Å²) in [7, 11) is 0. The largest absolute Gasteiger partial charge is 0.397 e. The summed E-state index contributed by atoms with van der Waals surface area (Å²) in [5.41, 5.74) is 19.1. The first-order valence-electron chi connectivity index (χ1n) is 5.39. The first kappa shape index (κ1) is 15.2. The first-order chi connectivity index (χ1) is 9.38. The zero-order valence-corrected chi connectivity index (χ0v) is 13.0. The minimum atomic E-state index is 0.384. The molecule has 0 unspecified atom stereocenters. The van der Waals surface area contributed by atoms with Crippen molar-refractivity contribution in [3.63, 3.8) is 0 Å². The molecule has 4 nitrogen and oxygen atoms in total. The molecule has 0 fully saturated rings. The molecule has 20 heavy (non-hydrogen) atoms. The van der Waals surface area contributed by atoms with Crippen LogP contribution in [0.5, 0.6) is 0 Å². The molecule has 2 rings (SSSR count). The van der Waals surface area contributed by atoms with Crippen molar-refractivity contribution in [3.8, 4) is 0 Å². The number of benzene rings is 2. The fourth-order valence-electron chi connectivity index (χ4n) is 1.46. The third-order valence-electron chi connectivity index (χ3n) is 2.50. The highest BCUT2D eigenvalue weighted by atomic mass is 35.5. The van der Waals surface area contributed by atoms with Crippen LogP contribution in [0.3, 0.4) is 0 Å². The highest BCUT2D eigenvalue weighted by molar-refractivity contribution is 6.38. The Balaban J connectivity index is 2.21. The van der Waals surface area contributed by atoms with Crippen LogP contribution in [0, 0.1) is 0 Å². The van der Waals surface area contributed by atoms with Gasteiger partial charge in [0.15, 0.2) is 0 Å². The van der Waals surface area contributed by atoms with Crippen molar-refractivity contribution < 1.29 is 0 Å². The Bertz CT molecular complexity index is 603. The van der Waals surface area contributed by atoms with E-state index in [0.717, 1.165) is 0 Å². The Morgan fingerprint density at radius 3 is 1.30 bits per heavy atom. The van der Waals surface area contributed by atoms with Gasteiger partial charge in [0.1, 0.15) is 0 Å². The lowest BCUT2D eigenvalue weighted by atomic mass is 10.2. The fraction of sp³-hybridized carbons (Fsp3) is 0. The van der Waals surface area contributed by atoms with E-state index in [1.165, 1.54) is 0 Å². The van der Waals surface area contributed by atoms with Gasteiger partial charge >= 0.3 is 0 Å².